The van der Waals surface area contributed by atoms with Crippen molar-refractivity contribution in [1.29, 1.82) is 0 Å². The smallest absolute Gasteiger partial charge is 0.327 e. The van der Waals surface area contributed by atoms with Crippen molar-refractivity contribution in [2.24, 2.45) is 5.92 Å². The number of benzene rings is 1. The minimum absolute atomic E-state index is 0.193. The average Bonchev–Trinajstić information content (AvgIpc) is 2.96. The third-order valence-electron chi connectivity index (χ3n) is 5.22. The Morgan fingerprint density at radius 3 is 2.64 bits per heavy atom. The lowest BCUT2D eigenvalue weighted by Crippen LogP contribution is -2.23. The molecule has 4 heteroatoms. The molecule has 1 aromatic carbocycles. The number of nitrogens with zero attached hydrogens (tertiary/aromatic N) is 2. The Bertz CT molecular complexity index is 734. The SMILES string of the molecule is CCOC(=O)Cn1nc(-c2ccccc2)c2c1[C@H](C(C)C)CC[C@H]2C. The van der Waals surface area contributed by atoms with E-state index in [1.165, 1.54) is 17.7 Å². The van der Waals surface area contributed by atoms with E-state index in [9.17, 15) is 4.79 Å². The third kappa shape index (κ3) is 3.48. The molecular weight excluding hydrogens is 312 g/mol. The van der Waals surface area contributed by atoms with Crippen LogP contribution in [0.3, 0.4) is 0 Å². The zero-order chi connectivity index (χ0) is 18.0. The summed E-state index contributed by atoms with van der Waals surface area (Å²) in [4.78, 5) is 12.1. The number of fused-ring (bicyclic) bond motifs is 1. The Hall–Kier alpha value is -2.10. The molecule has 0 spiro atoms. The van der Waals surface area contributed by atoms with Crippen molar-refractivity contribution in [1.82, 2.24) is 9.78 Å². The number of aromatic nitrogens is 2. The first-order valence-corrected chi connectivity index (χ1v) is 9.34. The van der Waals surface area contributed by atoms with Crippen molar-refractivity contribution < 1.29 is 9.53 Å². The number of esters is 1. The zero-order valence-electron chi connectivity index (χ0n) is 15.7. The lowest BCUT2D eigenvalue weighted by molar-refractivity contribution is -0.144. The summed E-state index contributed by atoms with van der Waals surface area (Å²) in [6, 6.07) is 10.3. The van der Waals surface area contributed by atoms with Crippen LogP contribution in [0.25, 0.3) is 11.3 Å². The topological polar surface area (TPSA) is 44.1 Å². The van der Waals surface area contributed by atoms with Crippen LogP contribution in [0.4, 0.5) is 0 Å². The maximum Gasteiger partial charge on any atom is 0.327 e. The second-order valence-electron chi connectivity index (χ2n) is 7.31. The van der Waals surface area contributed by atoms with Crippen LogP contribution in [0.1, 0.15) is 63.6 Å². The molecule has 1 aromatic heterocycles. The molecule has 0 amide bonds. The van der Waals surface area contributed by atoms with Gasteiger partial charge in [-0.25, -0.2) is 0 Å². The predicted molar refractivity (Wildman–Crippen MR) is 99.5 cm³/mol. The summed E-state index contributed by atoms with van der Waals surface area (Å²) in [6.07, 6.45) is 2.31. The monoisotopic (exact) mass is 340 g/mol. The second-order valence-corrected chi connectivity index (χ2v) is 7.31. The van der Waals surface area contributed by atoms with Crippen molar-refractivity contribution in [2.45, 2.75) is 58.9 Å². The Balaban J connectivity index is 2.13. The van der Waals surface area contributed by atoms with Crippen LogP contribution < -0.4 is 0 Å². The second kappa shape index (κ2) is 7.42. The molecule has 0 fully saturated rings. The summed E-state index contributed by atoms with van der Waals surface area (Å²) in [5, 5.41) is 4.88. The number of carbonyl (C=O) groups excluding carboxylic acids is 1. The van der Waals surface area contributed by atoms with Gasteiger partial charge < -0.3 is 4.74 Å². The largest absolute Gasteiger partial charge is 0.465 e. The van der Waals surface area contributed by atoms with E-state index in [1.807, 2.05) is 29.8 Å². The van der Waals surface area contributed by atoms with Crippen molar-refractivity contribution >= 4 is 5.97 Å². The van der Waals surface area contributed by atoms with Gasteiger partial charge in [0.05, 0.1) is 12.3 Å². The van der Waals surface area contributed by atoms with E-state index in [4.69, 9.17) is 9.84 Å². The fraction of sp³-hybridized carbons (Fsp3) is 0.524. The summed E-state index contributed by atoms with van der Waals surface area (Å²) in [7, 11) is 0. The lowest BCUT2D eigenvalue weighted by atomic mass is 9.75. The lowest BCUT2D eigenvalue weighted by Gasteiger charge is -2.31. The van der Waals surface area contributed by atoms with Gasteiger partial charge in [-0.1, -0.05) is 51.1 Å². The summed E-state index contributed by atoms with van der Waals surface area (Å²) >= 11 is 0. The van der Waals surface area contributed by atoms with Crippen LogP contribution in [0.2, 0.25) is 0 Å². The van der Waals surface area contributed by atoms with Gasteiger partial charge >= 0.3 is 5.97 Å². The van der Waals surface area contributed by atoms with E-state index in [0.717, 1.165) is 17.7 Å². The Kier molecular flexibility index (Phi) is 5.26. The van der Waals surface area contributed by atoms with Gasteiger partial charge in [-0.2, -0.15) is 5.10 Å². The molecule has 2 aromatic rings. The van der Waals surface area contributed by atoms with Gasteiger partial charge in [0.1, 0.15) is 6.54 Å². The van der Waals surface area contributed by atoms with Gasteiger partial charge in [-0.15, -0.1) is 0 Å². The summed E-state index contributed by atoms with van der Waals surface area (Å²) in [5.41, 5.74) is 4.71. The van der Waals surface area contributed by atoms with Crippen LogP contribution in [0.15, 0.2) is 30.3 Å². The molecule has 0 aliphatic heterocycles. The van der Waals surface area contributed by atoms with Crippen molar-refractivity contribution in [3.63, 3.8) is 0 Å². The number of carbonyl (C=O) groups is 1. The molecule has 134 valence electrons. The van der Waals surface area contributed by atoms with E-state index in [2.05, 4.69) is 32.9 Å². The van der Waals surface area contributed by atoms with Crippen LogP contribution >= 0.6 is 0 Å². The summed E-state index contributed by atoms with van der Waals surface area (Å²) in [6.45, 7) is 9.22. The maximum absolute atomic E-state index is 12.1. The minimum atomic E-state index is -0.215. The molecule has 0 unspecified atom stereocenters. The third-order valence-corrected chi connectivity index (χ3v) is 5.22. The Morgan fingerprint density at radius 2 is 2.00 bits per heavy atom. The highest BCUT2D eigenvalue weighted by atomic mass is 16.5. The molecule has 0 saturated carbocycles. The highest BCUT2D eigenvalue weighted by Crippen LogP contribution is 2.46. The van der Waals surface area contributed by atoms with Gasteiger partial charge in [0.15, 0.2) is 0 Å². The normalized spacial score (nSPS) is 19.7. The molecular formula is C21H28N2O2. The van der Waals surface area contributed by atoms with E-state index in [1.54, 1.807) is 0 Å². The molecule has 1 heterocycles. The number of ether oxygens (including phenoxy) is 1. The van der Waals surface area contributed by atoms with Crippen LogP contribution in [-0.2, 0) is 16.1 Å². The molecule has 0 radical (unpaired) electrons. The molecule has 2 atom stereocenters. The molecule has 0 N–H and O–H groups in total. The summed E-state index contributed by atoms with van der Waals surface area (Å²) in [5.74, 6) is 1.20. The summed E-state index contributed by atoms with van der Waals surface area (Å²) < 4.78 is 7.09. The van der Waals surface area contributed by atoms with Crippen molar-refractivity contribution in [3.05, 3.63) is 41.6 Å². The van der Waals surface area contributed by atoms with Crippen LogP contribution in [0, 0.1) is 5.92 Å². The molecule has 1 aliphatic carbocycles. The Morgan fingerprint density at radius 1 is 1.28 bits per heavy atom. The fourth-order valence-electron chi connectivity index (χ4n) is 3.98. The number of rotatable bonds is 5. The van der Waals surface area contributed by atoms with Gasteiger partial charge in [0.25, 0.3) is 0 Å². The fourth-order valence-corrected chi connectivity index (χ4v) is 3.98. The molecule has 25 heavy (non-hydrogen) atoms. The quantitative estimate of drug-likeness (QED) is 0.738. The van der Waals surface area contributed by atoms with E-state index >= 15 is 0 Å². The molecule has 0 bridgehead atoms. The maximum atomic E-state index is 12.1. The van der Waals surface area contributed by atoms with Crippen LogP contribution in [0.5, 0.6) is 0 Å². The minimum Gasteiger partial charge on any atom is -0.465 e. The highest BCUT2D eigenvalue weighted by Gasteiger charge is 2.34. The number of hydrogen-bond donors (Lipinski definition) is 0. The van der Waals surface area contributed by atoms with E-state index in [0.29, 0.717) is 24.4 Å². The zero-order valence-corrected chi connectivity index (χ0v) is 15.7. The molecule has 0 saturated heterocycles. The standard InChI is InChI=1S/C21H28N2O2/c1-5-25-18(24)13-23-21-17(14(2)3)12-11-15(4)19(21)20(22-23)16-9-7-6-8-10-16/h6-10,14-15,17H,5,11-13H2,1-4H3/t15-,17+/m1/s1. The molecule has 3 rings (SSSR count). The first-order valence-electron chi connectivity index (χ1n) is 9.34. The van der Waals surface area contributed by atoms with Gasteiger partial charge in [-0.3, -0.25) is 9.48 Å². The van der Waals surface area contributed by atoms with Crippen molar-refractivity contribution in [2.75, 3.05) is 6.61 Å². The predicted octanol–water partition coefficient (Wildman–Crippen LogP) is 4.75. The van der Waals surface area contributed by atoms with Gasteiger partial charge in [-0.05, 0) is 31.6 Å². The van der Waals surface area contributed by atoms with Gasteiger partial charge in [0.2, 0.25) is 0 Å². The van der Waals surface area contributed by atoms with E-state index in [-0.39, 0.29) is 12.5 Å². The first-order chi connectivity index (χ1) is 12.0. The van der Waals surface area contributed by atoms with Crippen LogP contribution in [-0.4, -0.2) is 22.4 Å². The first kappa shape index (κ1) is 17.7. The van der Waals surface area contributed by atoms with Crippen molar-refractivity contribution in [3.8, 4) is 11.3 Å². The highest BCUT2D eigenvalue weighted by molar-refractivity contribution is 5.71. The number of hydrogen-bond acceptors (Lipinski definition) is 3. The van der Waals surface area contributed by atoms with Gasteiger partial charge in [0, 0.05) is 22.7 Å². The molecule has 4 nitrogen and oxygen atoms in total. The van der Waals surface area contributed by atoms with E-state index < -0.39 is 0 Å². The average molecular weight is 340 g/mol. The molecule has 1 aliphatic rings. The Labute approximate surface area is 150 Å².